The zero-order valence-electron chi connectivity index (χ0n) is 17.6. The highest BCUT2D eigenvalue weighted by Crippen LogP contribution is 2.61. The van der Waals surface area contributed by atoms with E-state index in [-0.39, 0.29) is 16.6 Å². The van der Waals surface area contributed by atoms with Crippen molar-refractivity contribution in [3.63, 3.8) is 0 Å². The Morgan fingerprint density at radius 3 is 2.56 bits per heavy atom. The summed E-state index contributed by atoms with van der Waals surface area (Å²) >= 11 is 1.40. The number of aromatic nitrogens is 2. The molecule has 2 saturated carbocycles. The molecule has 1 aromatic carbocycles. The fourth-order valence-corrected chi connectivity index (χ4v) is 7.03. The van der Waals surface area contributed by atoms with Gasteiger partial charge in [-0.15, -0.1) is 11.3 Å². The van der Waals surface area contributed by atoms with Crippen LogP contribution in [0.25, 0.3) is 0 Å². The van der Waals surface area contributed by atoms with Crippen molar-refractivity contribution in [2.45, 2.75) is 48.2 Å². The van der Waals surface area contributed by atoms with Crippen LogP contribution in [0.4, 0.5) is 5.13 Å². The van der Waals surface area contributed by atoms with Crippen molar-refractivity contribution in [3.05, 3.63) is 71.5 Å². The lowest BCUT2D eigenvalue weighted by Crippen LogP contribution is -2.31. The highest BCUT2D eigenvalue weighted by Gasteiger charge is 2.63. The van der Waals surface area contributed by atoms with Crippen LogP contribution in [0.3, 0.4) is 0 Å². The largest absolute Gasteiger partial charge is 0.301 e. The summed E-state index contributed by atoms with van der Waals surface area (Å²) in [6.45, 7) is 0. The molecule has 166 valence electrons. The predicted molar refractivity (Wildman–Crippen MR) is 124 cm³/mol. The molecule has 1 amide bonds. The number of hydrogen-bond acceptors (Lipinski definition) is 6. The number of nitrogens with zero attached hydrogens (tertiary/aromatic N) is 2. The van der Waals surface area contributed by atoms with E-state index in [4.69, 9.17) is 0 Å². The smallest absolute Gasteiger partial charge is 0.237 e. The molecule has 0 spiro atoms. The third-order valence-electron chi connectivity index (χ3n) is 6.85. The Morgan fingerprint density at radius 2 is 1.91 bits per heavy atom. The molecule has 2 heterocycles. The minimum atomic E-state index is -3.49. The number of rotatable bonds is 7. The second-order valence-electron chi connectivity index (χ2n) is 8.76. The molecule has 1 N–H and O–H groups in total. The van der Waals surface area contributed by atoms with Gasteiger partial charge >= 0.3 is 0 Å². The maximum atomic E-state index is 13.4. The molecule has 2 atom stereocenters. The van der Waals surface area contributed by atoms with E-state index in [9.17, 15) is 13.2 Å². The van der Waals surface area contributed by atoms with E-state index >= 15 is 0 Å². The molecule has 6 nitrogen and oxygen atoms in total. The van der Waals surface area contributed by atoms with E-state index in [0.29, 0.717) is 22.5 Å². The highest BCUT2D eigenvalue weighted by atomic mass is 32.2. The Bertz CT molecular complexity index is 1190. The molecule has 0 bridgehead atoms. The van der Waals surface area contributed by atoms with Crippen LogP contribution in [0.5, 0.6) is 0 Å². The number of carbonyl (C=O) groups is 1. The number of benzene rings is 1. The number of sulfone groups is 1. The van der Waals surface area contributed by atoms with E-state index in [0.717, 1.165) is 24.8 Å². The minimum Gasteiger partial charge on any atom is -0.301 e. The van der Waals surface area contributed by atoms with Crippen LogP contribution in [-0.2, 0) is 25.8 Å². The summed E-state index contributed by atoms with van der Waals surface area (Å²) in [5, 5.41) is 5.44. The minimum absolute atomic E-state index is 0.0321. The van der Waals surface area contributed by atoms with Crippen molar-refractivity contribution in [2.24, 2.45) is 11.8 Å². The van der Waals surface area contributed by atoms with Crippen LogP contribution in [0.1, 0.15) is 43.2 Å². The maximum Gasteiger partial charge on any atom is 0.237 e. The number of nitrogens with one attached hydrogen (secondary N) is 1. The fraction of sp³-hybridized carbons (Fsp3) is 0.375. The molecule has 0 saturated heterocycles. The standard InChI is InChI=1S/C24H25N3O3S2/c28-22(27-23-26-12-13-31-23)24(14-21(24)18-5-1-2-6-18)19-7-9-20(10-8-19)32(29,30)16-17-4-3-11-25-15-17/h3-4,7-13,15,18,21H,1-2,5-6,14,16H2,(H,26,27,28)/t21-,24-/m0/s1. The molecular formula is C24H25N3O3S2. The summed E-state index contributed by atoms with van der Waals surface area (Å²) in [7, 11) is -3.49. The molecular weight excluding hydrogens is 442 g/mol. The van der Waals surface area contributed by atoms with Crippen LogP contribution in [-0.4, -0.2) is 24.3 Å². The van der Waals surface area contributed by atoms with Crippen LogP contribution >= 0.6 is 11.3 Å². The number of pyridine rings is 1. The van der Waals surface area contributed by atoms with Crippen molar-refractivity contribution in [1.29, 1.82) is 0 Å². The molecule has 3 aromatic rings. The Balaban J connectivity index is 1.42. The lowest BCUT2D eigenvalue weighted by atomic mass is 9.87. The van der Waals surface area contributed by atoms with Gasteiger partial charge < -0.3 is 5.32 Å². The summed E-state index contributed by atoms with van der Waals surface area (Å²) in [6, 6.07) is 10.4. The monoisotopic (exact) mass is 467 g/mol. The van der Waals surface area contributed by atoms with E-state index < -0.39 is 15.3 Å². The van der Waals surface area contributed by atoms with Crippen molar-refractivity contribution in [3.8, 4) is 0 Å². The van der Waals surface area contributed by atoms with E-state index in [1.54, 1.807) is 42.9 Å². The third-order valence-corrected chi connectivity index (χ3v) is 9.24. The van der Waals surface area contributed by atoms with E-state index in [1.807, 2.05) is 17.5 Å². The van der Waals surface area contributed by atoms with Gasteiger partial charge in [0.1, 0.15) is 0 Å². The first-order chi connectivity index (χ1) is 15.5. The molecule has 2 aliphatic rings. The first-order valence-electron chi connectivity index (χ1n) is 10.9. The summed E-state index contributed by atoms with van der Waals surface area (Å²) < 4.78 is 25.8. The van der Waals surface area contributed by atoms with Gasteiger partial charge in [0, 0.05) is 24.0 Å². The van der Waals surface area contributed by atoms with Gasteiger partial charge in [0.25, 0.3) is 0 Å². The second kappa shape index (κ2) is 8.41. The SMILES string of the molecule is O=C(Nc1nccs1)[C@]1(c2ccc(S(=O)(=O)Cc3cccnc3)cc2)C[C@H]1C1CCCC1. The molecule has 0 unspecified atom stereocenters. The molecule has 8 heteroatoms. The average Bonchev–Trinajstić information content (AvgIpc) is 3.12. The Kier molecular flexibility index (Phi) is 5.59. The molecule has 2 aromatic heterocycles. The van der Waals surface area contributed by atoms with E-state index in [1.165, 1.54) is 24.2 Å². The van der Waals surface area contributed by atoms with Gasteiger partial charge in [-0.1, -0.05) is 43.9 Å². The molecule has 0 radical (unpaired) electrons. The Hall–Kier alpha value is -2.58. The number of anilines is 1. The lowest BCUT2D eigenvalue weighted by Gasteiger charge is -2.20. The van der Waals surface area contributed by atoms with Crippen molar-refractivity contribution in [2.75, 3.05) is 5.32 Å². The quantitative estimate of drug-likeness (QED) is 0.549. The predicted octanol–water partition coefficient (Wildman–Crippen LogP) is 4.60. The zero-order chi connectivity index (χ0) is 22.2. The van der Waals surface area contributed by atoms with Crippen LogP contribution in [0.2, 0.25) is 0 Å². The normalized spacial score (nSPS) is 23.2. The van der Waals surface area contributed by atoms with Crippen LogP contribution < -0.4 is 5.32 Å². The van der Waals surface area contributed by atoms with Gasteiger partial charge in [-0.3, -0.25) is 9.78 Å². The summed E-state index contributed by atoms with van der Waals surface area (Å²) in [5.41, 5.74) is 0.940. The van der Waals surface area contributed by atoms with Gasteiger partial charge in [-0.25, -0.2) is 13.4 Å². The highest BCUT2D eigenvalue weighted by molar-refractivity contribution is 7.90. The molecule has 2 aliphatic carbocycles. The number of amides is 1. The van der Waals surface area contributed by atoms with Gasteiger partial charge in [0.15, 0.2) is 15.0 Å². The zero-order valence-corrected chi connectivity index (χ0v) is 19.2. The summed E-state index contributed by atoms with van der Waals surface area (Å²) in [4.78, 5) is 21.9. The topological polar surface area (TPSA) is 89.0 Å². The van der Waals surface area contributed by atoms with Crippen molar-refractivity contribution in [1.82, 2.24) is 9.97 Å². The molecule has 32 heavy (non-hydrogen) atoms. The summed E-state index contributed by atoms with van der Waals surface area (Å²) in [6.07, 6.45) is 10.4. The maximum absolute atomic E-state index is 13.4. The molecule has 5 rings (SSSR count). The second-order valence-corrected chi connectivity index (χ2v) is 11.6. The van der Waals surface area contributed by atoms with E-state index in [2.05, 4.69) is 15.3 Å². The first-order valence-corrected chi connectivity index (χ1v) is 13.5. The van der Waals surface area contributed by atoms with Crippen molar-refractivity contribution >= 4 is 32.2 Å². The van der Waals surface area contributed by atoms with Gasteiger partial charge in [-0.05, 0) is 47.6 Å². The summed E-state index contributed by atoms with van der Waals surface area (Å²) in [5.74, 6) is 0.713. The molecule has 2 fully saturated rings. The van der Waals surface area contributed by atoms with Crippen LogP contribution in [0, 0.1) is 11.8 Å². The number of thiazole rings is 1. The molecule has 0 aliphatic heterocycles. The van der Waals surface area contributed by atoms with Crippen LogP contribution in [0.15, 0.2) is 65.3 Å². The van der Waals surface area contributed by atoms with Gasteiger partial charge in [0.05, 0.1) is 16.1 Å². The third kappa shape index (κ3) is 3.97. The average molecular weight is 468 g/mol. The first kappa shape index (κ1) is 21.3. The van der Waals surface area contributed by atoms with Gasteiger partial charge in [0.2, 0.25) is 5.91 Å². The number of carbonyl (C=O) groups excluding carboxylic acids is 1. The Labute approximate surface area is 192 Å². The fourth-order valence-electron chi connectivity index (χ4n) is 5.18. The van der Waals surface area contributed by atoms with Gasteiger partial charge in [-0.2, -0.15) is 0 Å². The Morgan fingerprint density at radius 1 is 1.12 bits per heavy atom. The number of hydrogen-bond donors (Lipinski definition) is 1. The van der Waals surface area contributed by atoms with Crippen molar-refractivity contribution < 1.29 is 13.2 Å². The lowest BCUT2D eigenvalue weighted by molar-refractivity contribution is -0.119.